The maximum absolute atomic E-state index is 12.8. The SMILES string of the molecule is O=C1[C@@H]2[C@@H](C(=O)N1c1ccc(OCc3ccccc3)cc1)[C@@H]1C=C[C@@H]2C1. The Morgan fingerprint density at radius 3 is 2.08 bits per heavy atom. The van der Waals surface area contributed by atoms with Crippen molar-refractivity contribution in [1.82, 2.24) is 0 Å². The first-order chi connectivity index (χ1) is 12.7. The molecular weight excluding hydrogens is 326 g/mol. The molecule has 4 atom stereocenters. The Kier molecular flexibility index (Phi) is 3.45. The summed E-state index contributed by atoms with van der Waals surface area (Å²) in [5.74, 6) is 0.779. The standard InChI is InChI=1S/C22H19NO3/c24-21-19-15-6-7-16(12-15)20(19)22(25)23(21)17-8-10-18(11-9-17)26-13-14-4-2-1-3-5-14/h1-11,15-16,19-20H,12-13H2/t15-,16-,19+,20+/m1/s1. The van der Waals surface area contributed by atoms with Crippen LogP contribution in [0.5, 0.6) is 5.75 Å². The summed E-state index contributed by atoms with van der Waals surface area (Å²) < 4.78 is 5.78. The molecule has 0 radical (unpaired) electrons. The summed E-state index contributed by atoms with van der Waals surface area (Å²) in [5, 5.41) is 0. The van der Waals surface area contributed by atoms with Crippen molar-refractivity contribution in [2.45, 2.75) is 13.0 Å². The zero-order valence-corrected chi connectivity index (χ0v) is 14.2. The van der Waals surface area contributed by atoms with Gasteiger partial charge in [0.1, 0.15) is 12.4 Å². The predicted molar refractivity (Wildman–Crippen MR) is 97.4 cm³/mol. The molecule has 2 aliphatic carbocycles. The summed E-state index contributed by atoms with van der Waals surface area (Å²) in [5.41, 5.74) is 1.73. The zero-order valence-electron chi connectivity index (χ0n) is 14.2. The average Bonchev–Trinajstić information content (AvgIpc) is 3.35. The molecule has 1 saturated heterocycles. The molecule has 2 amide bonds. The summed E-state index contributed by atoms with van der Waals surface area (Å²) >= 11 is 0. The van der Waals surface area contributed by atoms with E-state index in [1.807, 2.05) is 42.5 Å². The van der Waals surface area contributed by atoms with Gasteiger partial charge in [0.2, 0.25) is 11.8 Å². The molecule has 0 aromatic heterocycles. The van der Waals surface area contributed by atoms with E-state index in [1.54, 1.807) is 12.1 Å². The van der Waals surface area contributed by atoms with Crippen LogP contribution < -0.4 is 9.64 Å². The number of fused-ring (bicyclic) bond motifs is 5. The van der Waals surface area contributed by atoms with E-state index in [2.05, 4.69) is 12.2 Å². The molecular formula is C22H19NO3. The molecule has 26 heavy (non-hydrogen) atoms. The van der Waals surface area contributed by atoms with Crippen LogP contribution in [0.15, 0.2) is 66.7 Å². The molecule has 4 heteroatoms. The van der Waals surface area contributed by atoms with Gasteiger partial charge >= 0.3 is 0 Å². The summed E-state index contributed by atoms with van der Waals surface area (Å²) in [6.45, 7) is 0.487. The molecule has 2 bridgehead atoms. The van der Waals surface area contributed by atoms with Gasteiger partial charge in [0.05, 0.1) is 17.5 Å². The fraction of sp³-hybridized carbons (Fsp3) is 0.273. The fourth-order valence-electron chi connectivity index (χ4n) is 4.59. The Morgan fingerprint density at radius 1 is 0.846 bits per heavy atom. The van der Waals surface area contributed by atoms with Gasteiger partial charge in [-0.15, -0.1) is 0 Å². The highest BCUT2D eigenvalue weighted by atomic mass is 16.5. The Morgan fingerprint density at radius 2 is 1.46 bits per heavy atom. The van der Waals surface area contributed by atoms with Crippen LogP contribution in [-0.2, 0) is 16.2 Å². The number of amides is 2. The lowest BCUT2D eigenvalue weighted by Gasteiger charge is -2.17. The first-order valence-corrected chi connectivity index (χ1v) is 9.05. The fourth-order valence-corrected chi connectivity index (χ4v) is 4.59. The Hall–Kier alpha value is -2.88. The van der Waals surface area contributed by atoms with Gasteiger partial charge in [0.25, 0.3) is 0 Å². The van der Waals surface area contributed by atoms with Crippen molar-refractivity contribution in [3.63, 3.8) is 0 Å². The van der Waals surface area contributed by atoms with Gasteiger partial charge in [-0.3, -0.25) is 14.5 Å². The summed E-state index contributed by atoms with van der Waals surface area (Å²) in [7, 11) is 0. The minimum Gasteiger partial charge on any atom is -0.489 e. The second-order valence-corrected chi connectivity index (χ2v) is 7.28. The molecule has 2 aromatic rings. The molecule has 130 valence electrons. The van der Waals surface area contributed by atoms with E-state index < -0.39 is 0 Å². The number of carbonyl (C=O) groups excluding carboxylic acids is 2. The van der Waals surface area contributed by atoms with E-state index in [0.717, 1.165) is 17.7 Å². The lowest BCUT2D eigenvalue weighted by atomic mass is 9.85. The van der Waals surface area contributed by atoms with Crippen LogP contribution in [0, 0.1) is 23.7 Å². The molecule has 1 saturated carbocycles. The third-order valence-electron chi connectivity index (χ3n) is 5.81. The maximum Gasteiger partial charge on any atom is 0.238 e. The number of nitrogens with zero attached hydrogens (tertiary/aromatic N) is 1. The van der Waals surface area contributed by atoms with Crippen molar-refractivity contribution >= 4 is 17.5 Å². The molecule has 1 heterocycles. The van der Waals surface area contributed by atoms with Crippen LogP contribution in [0.2, 0.25) is 0 Å². The van der Waals surface area contributed by atoms with Crippen LogP contribution in [0.4, 0.5) is 5.69 Å². The summed E-state index contributed by atoms with van der Waals surface area (Å²) in [4.78, 5) is 27.0. The normalized spacial score (nSPS) is 28.7. The monoisotopic (exact) mass is 345 g/mol. The smallest absolute Gasteiger partial charge is 0.238 e. The number of hydrogen-bond donors (Lipinski definition) is 0. The Balaban J connectivity index is 1.32. The van der Waals surface area contributed by atoms with E-state index in [-0.39, 0.29) is 35.5 Å². The summed E-state index contributed by atoms with van der Waals surface area (Å²) in [6, 6.07) is 17.2. The topological polar surface area (TPSA) is 46.6 Å². The van der Waals surface area contributed by atoms with Crippen LogP contribution >= 0.6 is 0 Å². The lowest BCUT2D eigenvalue weighted by molar-refractivity contribution is -0.123. The van der Waals surface area contributed by atoms with Crippen molar-refractivity contribution in [3.05, 3.63) is 72.3 Å². The number of allylic oxidation sites excluding steroid dienone is 2. The quantitative estimate of drug-likeness (QED) is 0.629. The molecule has 2 aromatic carbocycles. The van der Waals surface area contributed by atoms with E-state index in [1.165, 1.54) is 4.90 Å². The second kappa shape index (κ2) is 5.84. The Labute approximate surface area is 152 Å². The molecule has 1 aliphatic heterocycles. The zero-order chi connectivity index (χ0) is 17.7. The highest BCUT2D eigenvalue weighted by molar-refractivity contribution is 6.22. The first-order valence-electron chi connectivity index (χ1n) is 9.05. The molecule has 5 rings (SSSR count). The lowest BCUT2D eigenvalue weighted by Crippen LogP contribution is -2.32. The van der Waals surface area contributed by atoms with Crippen molar-refractivity contribution < 1.29 is 14.3 Å². The van der Waals surface area contributed by atoms with E-state index in [9.17, 15) is 9.59 Å². The van der Waals surface area contributed by atoms with Crippen LogP contribution in [0.1, 0.15) is 12.0 Å². The minimum absolute atomic E-state index is 0.0465. The van der Waals surface area contributed by atoms with Crippen molar-refractivity contribution in [3.8, 4) is 5.75 Å². The first kappa shape index (κ1) is 15.4. The Bertz CT molecular complexity index is 857. The predicted octanol–water partition coefficient (Wildman–Crippen LogP) is 3.58. The average molecular weight is 345 g/mol. The third kappa shape index (κ3) is 2.29. The van der Waals surface area contributed by atoms with Gasteiger partial charge in [0.15, 0.2) is 0 Å². The number of imide groups is 1. The molecule has 0 N–H and O–H groups in total. The molecule has 3 aliphatic rings. The third-order valence-corrected chi connectivity index (χ3v) is 5.81. The van der Waals surface area contributed by atoms with Crippen LogP contribution in [0.3, 0.4) is 0 Å². The van der Waals surface area contributed by atoms with Crippen molar-refractivity contribution in [2.75, 3.05) is 4.90 Å². The van der Waals surface area contributed by atoms with Crippen molar-refractivity contribution in [2.24, 2.45) is 23.7 Å². The minimum atomic E-state index is -0.161. The number of carbonyl (C=O) groups is 2. The van der Waals surface area contributed by atoms with Crippen molar-refractivity contribution in [1.29, 1.82) is 0 Å². The number of benzene rings is 2. The number of rotatable bonds is 4. The highest BCUT2D eigenvalue weighted by Gasteiger charge is 2.59. The molecule has 0 spiro atoms. The van der Waals surface area contributed by atoms with Gasteiger partial charge in [-0.1, -0.05) is 42.5 Å². The molecule has 2 fully saturated rings. The largest absolute Gasteiger partial charge is 0.489 e. The molecule has 0 unspecified atom stereocenters. The van der Waals surface area contributed by atoms with Gasteiger partial charge < -0.3 is 4.74 Å². The second-order valence-electron chi connectivity index (χ2n) is 7.28. The van der Waals surface area contributed by atoms with E-state index in [4.69, 9.17) is 4.74 Å². The maximum atomic E-state index is 12.8. The number of anilines is 1. The molecule has 4 nitrogen and oxygen atoms in total. The van der Waals surface area contributed by atoms with Crippen LogP contribution in [-0.4, -0.2) is 11.8 Å². The van der Waals surface area contributed by atoms with Gasteiger partial charge in [-0.05, 0) is 48.1 Å². The van der Waals surface area contributed by atoms with Gasteiger partial charge in [-0.25, -0.2) is 0 Å². The number of hydrogen-bond acceptors (Lipinski definition) is 3. The van der Waals surface area contributed by atoms with Gasteiger partial charge in [0, 0.05) is 0 Å². The van der Waals surface area contributed by atoms with Gasteiger partial charge in [-0.2, -0.15) is 0 Å². The number of ether oxygens (including phenoxy) is 1. The van der Waals surface area contributed by atoms with E-state index in [0.29, 0.717) is 12.3 Å². The highest BCUT2D eigenvalue weighted by Crippen LogP contribution is 2.53. The van der Waals surface area contributed by atoms with E-state index >= 15 is 0 Å². The van der Waals surface area contributed by atoms with Crippen LogP contribution in [0.25, 0.3) is 0 Å². The summed E-state index contributed by atoms with van der Waals surface area (Å²) in [6.07, 6.45) is 5.18.